The molecule has 1 heterocycles. The van der Waals surface area contributed by atoms with E-state index in [4.69, 9.17) is 4.74 Å². The highest BCUT2D eigenvalue weighted by Gasteiger charge is 2.27. The average molecular weight is 355 g/mol. The molecule has 0 unspecified atom stereocenters. The van der Waals surface area contributed by atoms with Crippen molar-refractivity contribution in [1.29, 1.82) is 0 Å². The highest BCUT2D eigenvalue weighted by atomic mass is 16.5. The number of benzene rings is 2. The van der Waals surface area contributed by atoms with E-state index in [0.29, 0.717) is 18.8 Å². The average Bonchev–Trinajstić information content (AvgIpc) is 2.66. The maximum absolute atomic E-state index is 12.9. The summed E-state index contributed by atoms with van der Waals surface area (Å²) in [4.78, 5) is 14.7. The summed E-state index contributed by atoms with van der Waals surface area (Å²) in [7, 11) is 1.84. The zero-order valence-corrected chi connectivity index (χ0v) is 15.0. The van der Waals surface area contributed by atoms with Gasteiger partial charge in [0.05, 0.1) is 0 Å². The lowest BCUT2D eigenvalue weighted by Crippen LogP contribution is -2.41. The molecule has 0 aromatic heterocycles. The van der Waals surface area contributed by atoms with Gasteiger partial charge in [0, 0.05) is 44.2 Å². The molecule has 0 radical (unpaired) electrons. The smallest absolute Gasteiger partial charge is 0.223 e. The van der Waals surface area contributed by atoms with Crippen molar-refractivity contribution in [3.8, 4) is 11.5 Å². The van der Waals surface area contributed by atoms with Crippen LogP contribution in [-0.4, -0.2) is 47.3 Å². The summed E-state index contributed by atoms with van der Waals surface area (Å²) in [5, 5.41) is 20.2. The molecule has 3 rings (SSSR count). The van der Waals surface area contributed by atoms with Crippen molar-refractivity contribution in [2.75, 3.05) is 20.3 Å². The van der Waals surface area contributed by atoms with Gasteiger partial charge in [-0.05, 0) is 36.6 Å². The van der Waals surface area contributed by atoms with Gasteiger partial charge >= 0.3 is 0 Å². The summed E-state index contributed by atoms with van der Waals surface area (Å²) in [5.41, 5.74) is 1.49. The summed E-state index contributed by atoms with van der Waals surface area (Å²) in [6, 6.07) is 14.1. The molecule has 0 aliphatic carbocycles. The molecule has 0 bridgehead atoms. The molecule has 5 heteroatoms. The minimum Gasteiger partial charge on any atom is -0.508 e. The number of ether oxygens (including phenoxy) is 1. The summed E-state index contributed by atoms with van der Waals surface area (Å²) >= 11 is 0. The Bertz CT molecular complexity index is 755. The standard InChI is InChI=1S/C21H25NO4/c1-22(16-9-11-26-12-10-16)21(25)14-19(15-5-4-6-17(23)13-15)18-7-2-3-8-20(18)24/h2-8,13,16,19,23-24H,9-12,14H2,1H3/t19-/m0/s1. The fourth-order valence-electron chi connectivity index (χ4n) is 3.53. The third kappa shape index (κ3) is 4.17. The van der Waals surface area contributed by atoms with Gasteiger partial charge in [-0.25, -0.2) is 0 Å². The predicted octanol–water partition coefficient (Wildman–Crippen LogP) is 3.26. The fraction of sp³-hybridized carbons (Fsp3) is 0.381. The topological polar surface area (TPSA) is 70.0 Å². The number of phenols is 2. The van der Waals surface area contributed by atoms with Gasteiger partial charge in [0.2, 0.25) is 5.91 Å². The SMILES string of the molecule is CN(C(=O)C[C@@H](c1cccc(O)c1)c1ccccc1O)C1CCOCC1. The zero-order valence-electron chi connectivity index (χ0n) is 15.0. The van der Waals surface area contributed by atoms with Crippen LogP contribution in [0.5, 0.6) is 11.5 Å². The maximum Gasteiger partial charge on any atom is 0.223 e. The third-order valence-corrected chi connectivity index (χ3v) is 5.10. The highest BCUT2D eigenvalue weighted by Crippen LogP contribution is 2.35. The molecule has 5 nitrogen and oxygen atoms in total. The van der Waals surface area contributed by atoms with Gasteiger partial charge in [-0.1, -0.05) is 30.3 Å². The van der Waals surface area contributed by atoms with Gasteiger partial charge in [0.25, 0.3) is 0 Å². The molecule has 2 aromatic rings. The zero-order chi connectivity index (χ0) is 18.5. The van der Waals surface area contributed by atoms with Crippen molar-refractivity contribution in [3.05, 3.63) is 59.7 Å². The number of nitrogens with zero attached hydrogens (tertiary/aromatic N) is 1. The number of carbonyl (C=O) groups is 1. The van der Waals surface area contributed by atoms with E-state index in [0.717, 1.165) is 18.4 Å². The molecule has 1 fully saturated rings. The molecule has 1 aliphatic rings. The third-order valence-electron chi connectivity index (χ3n) is 5.10. The van der Waals surface area contributed by atoms with Crippen LogP contribution in [0, 0.1) is 0 Å². The Hall–Kier alpha value is -2.53. The molecule has 1 aliphatic heterocycles. The quantitative estimate of drug-likeness (QED) is 0.864. The lowest BCUT2D eigenvalue weighted by Gasteiger charge is -2.32. The van der Waals surface area contributed by atoms with E-state index in [1.54, 1.807) is 35.2 Å². The maximum atomic E-state index is 12.9. The van der Waals surface area contributed by atoms with Crippen LogP contribution < -0.4 is 0 Å². The van der Waals surface area contributed by atoms with E-state index < -0.39 is 0 Å². The van der Waals surface area contributed by atoms with E-state index in [1.165, 1.54) is 0 Å². The number of para-hydroxylation sites is 1. The van der Waals surface area contributed by atoms with E-state index >= 15 is 0 Å². The van der Waals surface area contributed by atoms with Crippen LogP contribution in [0.25, 0.3) is 0 Å². The van der Waals surface area contributed by atoms with Crippen molar-refractivity contribution in [3.63, 3.8) is 0 Å². The molecule has 2 aromatic carbocycles. The largest absolute Gasteiger partial charge is 0.508 e. The number of carbonyl (C=O) groups excluding carboxylic acids is 1. The monoisotopic (exact) mass is 355 g/mol. The number of amides is 1. The Morgan fingerprint density at radius 3 is 2.58 bits per heavy atom. The number of rotatable bonds is 5. The van der Waals surface area contributed by atoms with Gasteiger partial charge in [0.1, 0.15) is 11.5 Å². The van der Waals surface area contributed by atoms with Crippen molar-refractivity contribution in [1.82, 2.24) is 4.90 Å². The minimum atomic E-state index is -0.321. The Balaban J connectivity index is 1.86. The first kappa shape index (κ1) is 18.3. The molecular formula is C21H25NO4. The van der Waals surface area contributed by atoms with E-state index in [2.05, 4.69) is 0 Å². The molecule has 1 saturated heterocycles. The van der Waals surface area contributed by atoms with Crippen LogP contribution in [0.15, 0.2) is 48.5 Å². The van der Waals surface area contributed by atoms with Gasteiger partial charge in [-0.15, -0.1) is 0 Å². The second kappa shape index (κ2) is 8.23. The second-order valence-electron chi connectivity index (χ2n) is 6.76. The molecule has 1 amide bonds. The first-order chi connectivity index (χ1) is 12.6. The number of hydrogen-bond acceptors (Lipinski definition) is 4. The highest BCUT2D eigenvalue weighted by molar-refractivity contribution is 5.78. The number of hydrogen-bond donors (Lipinski definition) is 2. The summed E-state index contributed by atoms with van der Waals surface area (Å²) < 4.78 is 5.38. The summed E-state index contributed by atoms with van der Waals surface area (Å²) in [6.45, 7) is 1.36. The lowest BCUT2D eigenvalue weighted by atomic mass is 9.87. The predicted molar refractivity (Wildman–Crippen MR) is 99.3 cm³/mol. The van der Waals surface area contributed by atoms with Crippen LogP contribution in [0.3, 0.4) is 0 Å². The summed E-state index contributed by atoms with van der Waals surface area (Å²) in [5.74, 6) is 0.00195. The van der Waals surface area contributed by atoms with Crippen molar-refractivity contribution >= 4 is 5.91 Å². The molecule has 138 valence electrons. The van der Waals surface area contributed by atoms with Crippen LogP contribution in [0.2, 0.25) is 0 Å². The van der Waals surface area contributed by atoms with E-state index in [9.17, 15) is 15.0 Å². The first-order valence-corrected chi connectivity index (χ1v) is 8.96. The molecule has 0 saturated carbocycles. The van der Waals surface area contributed by atoms with Crippen molar-refractivity contribution in [2.24, 2.45) is 0 Å². The Kier molecular flexibility index (Phi) is 5.78. The van der Waals surface area contributed by atoms with E-state index in [1.807, 2.05) is 25.2 Å². The van der Waals surface area contributed by atoms with Gasteiger partial charge in [-0.2, -0.15) is 0 Å². The Labute approximate surface area is 153 Å². The van der Waals surface area contributed by atoms with Crippen LogP contribution in [-0.2, 0) is 9.53 Å². The minimum absolute atomic E-state index is 0.0218. The normalized spacial score (nSPS) is 16.2. The van der Waals surface area contributed by atoms with Gasteiger partial charge < -0.3 is 19.8 Å². The molecule has 26 heavy (non-hydrogen) atoms. The Morgan fingerprint density at radius 2 is 1.88 bits per heavy atom. The fourth-order valence-corrected chi connectivity index (χ4v) is 3.53. The molecule has 2 N–H and O–H groups in total. The van der Waals surface area contributed by atoms with Crippen molar-refractivity contribution < 1.29 is 19.7 Å². The van der Waals surface area contributed by atoms with Gasteiger partial charge in [-0.3, -0.25) is 4.79 Å². The van der Waals surface area contributed by atoms with Crippen LogP contribution in [0.4, 0.5) is 0 Å². The number of phenolic OH excluding ortho intramolecular Hbond substituents is 2. The van der Waals surface area contributed by atoms with E-state index in [-0.39, 0.29) is 35.8 Å². The molecule has 1 atom stereocenters. The number of aromatic hydroxyl groups is 2. The van der Waals surface area contributed by atoms with Crippen molar-refractivity contribution in [2.45, 2.75) is 31.2 Å². The molecular weight excluding hydrogens is 330 g/mol. The van der Waals surface area contributed by atoms with Gasteiger partial charge in [0.15, 0.2) is 0 Å². The molecule has 0 spiro atoms. The summed E-state index contributed by atoms with van der Waals surface area (Å²) in [6.07, 6.45) is 1.92. The lowest BCUT2D eigenvalue weighted by molar-refractivity contribution is -0.133. The first-order valence-electron chi connectivity index (χ1n) is 8.96. The second-order valence-corrected chi connectivity index (χ2v) is 6.76. The Morgan fingerprint density at radius 1 is 1.15 bits per heavy atom. The van der Waals surface area contributed by atoms with Crippen LogP contribution >= 0.6 is 0 Å². The van der Waals surface area contributed by atoms with Crippen LogP contribution in [0.1, 0.15) is 36.3 Å².